The molecule has 1 unspecified atom stereocenters. The van der Waals surface area contributed by atoms with Gasteiger partial charge in [0.2, 0.25) is 5.91 Å². The first-order valence-electron chi connectivity index (χ1n) is 6.79. The molecule has 0 aromatic heterocycles. The fourth-order valence-electron chi connectivity index (χ4n) is 1.94. The molecule has 4 nitrogen and oxygen atoms in total. The van der Waals surface area contributed by atoms with Gasteiger partial charge in [0.15, 0.2) is 0 Å². The fraction of sp³-hybridized carbons (Fsp3) is 0.467. The van der Waals surface area contributed by atoms with E-state index in [1.807, 2.05) is 19.1 Å². The van der Waals surface area contributed by atoms with Crippen LogP contribution in [0.1, 0.15) is 50.6 Å². The van der Waals surface area contributed by atoms with Gasteiger partial charge < -0.3 is 10.4 Å². The van der Waals surface area contributed by atoms with Crippen molar-refractivity contribution in [2.75, 3.05) is 0 Å². The quantitative estimate of drug-likeness (QED) is 0.721. The molecule has 0 aliphatic rings. The third-order valence-corrected chi connectivity index (χ3v) is 3.31. The number of halogens is 1. The van der Waals surface area contributed by atoms with Crippen LogP contribution in [-0.4, -0.2) is 17.0 Å². The Kier molecular flexibility index (Phi) is 7.09. The Balaban J connectivity index is 2.41. The van der Waals surface area contributed by atoms with Crippen LogP contribution in [0, 0.1) is 0 Å². The number of aliphatic carboxylic acids is 1. The summed E-state index contributed by atoms with van der Waals surface area (Å²) in [6.07, 6.45) is 2.39. The van der Waals surface area contributed by atoms with Gasteiger partial charge in [-0.15, -0.1) is 0 Å². The molecule has 0 radical (unpaired) electrons. The van der Waals surface area contributed by atoms with Crippen molar-refractivity contribution in [1.82, 2.24) is 5.32 Å². The smallest absolute Gasteiger partial charge is 0.303 e. The summed E-state index contributed by atoms with van der Waals surface area (Å²) in [5, 5.41) is 12.2. The Bertz CT molecular complexity index is 445. The van der Waals surface area contributed by atoms with Crippen LogP contribution in [0.4, 0.5) is 0 Å². The number of carboxylic acids is 1. The molecule has 1 aromatic carbocycles. The number of hydrogen-bond donors (Lipinski definition) is 2. The molecule has 20 heavy (non-hydrogen) atoms. The van der Waals surface area contributed by atoms with E-state index in [0.29, 0.717) is 24.3 Å². The molecule has 0 saturated heterocycles. The van der Waals surface area contributed by atoms with Crippen LogP contribution in [0.15, 0.2) is 24.3 Å². The highest BCUT2D eigenvalue weighted by Gasteiger charge is 2.12. The van der Waals surface area contributed by atoms with Crippen LogP contribution in [-0.2, 0) is 9.59 Å². The first-order chi connectivity index (χ1) is 9.52. The van der Waals surface area contributed by atoms with Gasteiger partial charge in [0.1, 0.15) is 0 Å². The molecule has 1 rings (SSSR count). The van der Waals surface area contributed by atoms with Crippen LogP contribution in [0.5, 0.6) is 0 Å². The maximum absolute atomic E-state index is 11.8. The lowest BCUT2D eigenvalue weighted by Gasteiger charge is -2.17. The maximum Gasteiger partial charge on any atom is 0.303 e. The van der Waals surface area contributed by atoms with Crippen molar-refractivity contribution in [2.24, 2.45) is 0 Å². The summed E-state index contributed by atoms with van der Waals surface area (Å²) in [6.45, 7) is 2.00. The van der Waals surface area contributed by atoms with Gasteiger partial charge in [0.05, 0.1) is 6.04 Å². The molecule has 1 aromatic rings. The average Bonchev–Trinajstić information content (AvgIpc) is 2.42. The predicted octanol–water partition coefficient (Wildman–Crippen LogP) is 3.55. The molecule has 0 aliphatic heterocycles. The summed E-state index contributed by atoms with van der Waals surface area (Å²) in [5.41, 5.74) is 1.02. The highest BCUT2D eigenvalue weighted by Crippen LogP contribution is 2.19. The molecule has 1 amide bonds. The van der Waals surface area contributed by atoms with Crippen LogP contribution in [0.25, 0.3) is 0 Å². The lowest BCUT2D eigenvalue weighted by atomic mass is 10.0. The Morgan fingerprint density at radius 1 is 1.20 bits per heavy atom. The molecule has 110 valence electrons. The Morgan fingerprint density at radius 3 is 2.35 bits per heavy atom. The normalized spacial score (nSPS) is 11.9. The number of amides is 1. The van der Waals surface area contributed by atoms with E-state index in [1.54, 1.807) is 12.1 Å². The Hall–Kier alpha value is -1.55. The van der Waals surface area contributed by atoms with Crippen molar-refractivity contribution in [3.63, 3.8) is 0 Å². The van der Waals surface area contributed by atoms with Gasteiger partial charge in [0.25, 0.3) is 0 Å². The number of carbonyl (C=O) groups excluding carboxylic acids is 1. The SMILES string of the molecule is CCC(NC(=O)CCCCC(=O)O)c1ccc(Cl)cc1. The standard InChI is InChI=1S/C15H20ClNO3/c1-2-13(11-7-9-12(16)10-8-11)17-14(18)5-3-4-6-15(19)20/h7-10,13H,2-6H2,1H3,(H,17,18)(H,19,20). The van der Waals surface area contributed by atoms with E-state index in [1.165, 1.54) is 0 Å². The van der Waals surface area contributed by atoms with E-state index in [2.05, 4.69) is 5.32 Å². The molecule has 0 fully saturated rings. The topological polar surface area (TPSA) is 66.4 Å². The molecule has 1 atom stereocenters. The molecule has 2 N–H and O–H groups in total. The molecule has 0 bridgehead atoms. The van der Waals surface area contributed by atoms with Gasteiger partial charge in [0, 0.05) is 17.9 Å². The second-order valence-corrected chi connectivity index (χ2v) is 5.12. The summed E-state index contributed by atoms with van der Waals surface area (Å²) >= 11 is 5.84. The number of carbonyl (C=O) groups is 2. The molecular formula is C15H20ClNO3. The van der Waals surface area contributed by atoms with E-state index in [-0.39, 0.29) is 18.4 Å². The van der Waals surface area contributed by atoms with E-state index in [4.69, 9.17) is 16.7 Å². The Labute approximate surface area is 124 Å². The van der Waals surface area contributed by atoms with Crippen molar-refractivity contribution in [2.45, 2.75) is 45.1 Å². The number of rotatable bonds is 8. The van der Waals surface area contributed by atoms with Crippen LogP contribution < -0.4 is 5.32 Å². The van der Waals surface area contributed by atoms with Crippen LogP contribution in [0.2, 0.25) is 5.02 Å². The minimum Gasteiger partial charge on any atom is -0.481 e. The van der Waals surface area contributed by atoms with Crippen molar-refractivity contribution < 1.29 is 14.7 Å². The highest BCUT2D eigenvalue weighted by molar-refractivity contribution is 6.30. The summed E-state index contributed by atoms with van der Waals surface area (Å²) in [4.78, 5) is 22.2. The molecule has 0 heterocycles. The monoisotopic (exact) mass is 297 g/mol. The largest absolute Gasteiger partial charge is 0.481 e. The van der Waals surface area contributed by atoms with Gasteiger partial charge in [-0.25, -0.2) is 0 Å². The van der Waals surface area contributed by atoms with Gasteiger partial charge in [-0.05, 0) is 37.0 Å². The first kappa shape index (κ1) is 16.5. The van der Waals surface area contributed by atoms with Gasteiger partial charge >= 0.3 is 5.97 Å². The molecule has 0 aliphatic carbocycles. The summed E-state index contributed by atoms with van der Waals surface area (Å²) in [5.74, 6) is -0.866. The minimum atomic E-state index is -0.821. The van der Waals surface area contributed by atoms with Crippen molar-refractivity contribution in [3.05, 3.63) is 34.9 Å². The highest BCUT2D eigenvalue weighted by atomic mass is 35.5. The minimum absolute atomic E-state index is 0.0285. The zero-order valence-corrected chi connectivity index (χ0v) is 12.3. The second kappa shape index (κ2) is 8.59. The second-order valence-electron chi connectivity index (χ2n) is 4.68. The maximum atomic E-state index is 11.8. The predicted molar refractivity (Wildman–Crippen MR) is 78.7 cm³/mol. The zero-order valence-electron chi connectivity index (χ0n) is 11.6. The molecule has 0 saturated carbocycles. The summed E-state index contributed by atoms with van der Waals surface area (Å²) in [6, 6.07) is 7.39. The number of nitrogens with one attached hydrogen (secondary N) is 1. The summed E-state index contributed by atoms with van der Waals surface area (Å²) < 4.78 is 0. The van der Waals surface area contributed by atoms with Crippen molar-refractivity contribution >= 4 is 23.5 Å². The number of unbranched alkanes of at least 4 members (excludes halogenated alkanes) is 1. The van der Waals surface area contributed by atoms with Gasteiger partial charge in [-0.1, -0.05) is 30.7 Å². The van der Waals surface area contributed by atoms with E-state index in [9.17, 15) is 9.59 Å². The molecular weight excluding hydrogens is 278 g/mol. The molecule has 0 spiro atoms. The van der Waals surface area contributed by atoms with Crippen LogP contribution >= 0.6 is 11.6 Å². The molecule has 5 heteroatoms. The van der Waals surface area contributed by atoms with E-state index < -0.39 is 5.97 Å². The Morgan fingerprint density at radius 2 is 1.80 bits per heavy atom. The van der Waals surface area contributed by atoms with Crippen molar-refractivity contribution in [1.29, 1.82) is 0 Å². The first-order valence-corrected chi connectivity index (χ1v) is 7.17. The number of hydrogen-bond acceptors (Lipinski definition) is 2. The number of carboxylic acid groups (broad SMARTS) is 1. The van der Waals surface area contributed by atoms with E-state index >= 15 is 0 Å². The fourth-order valence-corrected chi connectivity index (χ4v) is 2.07. The lowest BCUT2D eigenvalue weighted by Crippen LogP contribution is -2.27. The lowest BCUT2D eigenvalue weighted by molar-refractivity contribution is -0.137. The van der Waals surface area contributed by atoms with Gasteiger partial charge in [-0.3, -0.25) is 9.59 Å². The third-order valence-electron chi connectivity index (χ3n) is 3.06. The average molecular weight is 298 g/mol. The van der Waals surface area contributed by atoms with E-state index in [0.717, 1.165) is 12.0 Å². The summed E-state index contributed by atoms with van der Waals surface area (Å²) in [7, 11) is 0. The van der Waals surface area contributed by atoms with Crippen LogP contribution in [0.3, 0.4) is 0 Å². The zero-order chi connectivity index (χ0) is 15.0. The van der Waals surface area contributed by atoms with Crippen molar-refractivity contribution in [3.8, 4) is 0 Å². The number of benzene rings is 1. The van der Waals surface area contributed by atoms with Gasteiger partial charge in [-0.2, -0.15) is 0 Å². The third kappa shape index (κ3) is 6.06.